The molecule has 16 heteroatoms. The number of aromatic nitrogens is 6. The molecule has 308 valence electrons. The van der Waals surface area contributed by atoms with E-state index in [9.17, 15) is 19.2 Å². The maximum Gasteiger partial charge on any atom is 0.329 e. The van der Waals surface area contributed by atoms with Crippen LogP contribution < -0.4 is 26.0 Å². The molecule has 9 rings (SSSR count). The van der Waals surface area contributed by atoms with Gasteiger partial charge in [-0.1, -0.05) is 23.6 Å². The Balaban J connectivity index is 0.782. The number of fused-ring (bicyclic) bond motifs is 2. The van der Waals surface area contributed by atoms with Gasteiger partial charge in [0.25, 0.3) is 5.91 Å². The van der Waals surface area contributed by atoms with Gasteiger partial charge >= 0.3 is 5.69 Å². The number of hydrogen-bond acceptors (Lipinski definition) is 9. The maximum absolute atomic E-state index is 13.5. The van der Waals surface area contributed by atoms with Crippen molar-refractivity contribution in [1.82, 2.24) is 38.9 Å². The predicted molar refractivity (Wildman–Crippen MR) is 225 cm³/mol. The molecule has 3 amide bonds. The largest absolute Gasteiger partial charge is 0.494 e. The van der Waals surface area contributed by atoms with Crippen molar-refractivity contribution in [1.29, 1.82) is 0 Å². The van der Waals surface area contributed by atoms with E-state index >= 15 is 0 Å². The Morgan fingerprint density at radius 2 is 1.71 bits per heavy atom. The van der Waals surface area contributed by atoms with E-state index in [0.717, 1.165) is 105 Å². The number of halogens is 1. The Labute approximate surface area is 346 Å². The summed E-state index contributed by atoms with van der Waals surface area (Å²) in [4.78, 5) is 55.7. The van der Waals surface area contributed by atoms with Gasteiger partial charge in [-0.3, -0.25) is 38.2 Å². The van der Waals surface area contributed by atoms with Crippen LogP contribution in [0.1, 0.15) is 86.8 Å². The predicted octanol–water partition coefficient (Wildman–Crippen LogP) is 5.39. The van der Waals surface area contributed by atoms with Crippen molar-refractivity contribution in [3.63, 3.8) is 0 Å². The summed E-state index contributed by atoms with van der Waals surface area (Å²) >= 11 is 6.20. The highest BCUT2D eigenvalue weighted by Gasteiger charge is 2.38. The number of likely N-dealkylation sites (tertiary alicyclic amines) is 1. The molecule has 0 bridgehead atoms. The Bertz CT molecular complexity index is 2580. The van der Waals surface area contributed by atoms with Gasteiger partial charge in [0.2, 0.25) is 11.8 Å². The zero-order valence-electron chi connectivity index (χ0n) is 33.7. The number of ether oxygens (including phenoxy) is 1. The molecular formula is C43H49ClN10O5. The molecule has 2 N–H and O–H groups in total. The van der Waals surface area contributed by atoms with Crippen LogP contribution in [0.15, 0.2) is 47.5 Å². The number of anilines is 2. The number of rotatable bonds is 6. The molecule has 2 aromatic carbocycles. The van der Waals surface area contributed by atoms with E-state index in [1.165, 1.54) is 4.68 Å². The number of nitrogens with one attached hydrogen (secondary N) is 2. The first-order valence-corrected chi connectivity index (χ1v) is 21.0. The minimum absolute atomic E-state index is 0.151. The van der Waals surface area contributed by atoms with Crippen LogP contribution in [-0.2, 0) is 23.7 Å². The number of carbonyl (C=O) groups excluding carboxylic acids is 3. The van der Waals surface area contributed by atoms with Crippen LogP contribution in [0.3, 0.4) is 0 Å². The fraction of sp³-hybridized carbons (Fsp3) is 0.488. The molecule has 5 aromatic rings. The topological polar surface area (TPSA) is 154 Å². The third-order valence-electron chi connectivity index (χ3n) is 13.2. The third-order valence-corrected chi connectivity index (χ3v) is 13.5. The van der Waals surface area contributed by atoms with Gasteiger partial charge in [-0.05, 0) is 81.4 Å². The van der Waals surface area contributed by atoms with E-state index in [1.807, 2.05) is 30.5 Å². The molecular weight excluding hydrogens is 772 g/mol. The standard InChI is InChI=1S/C43H49ClN10O5/c1-49-26-30(44)38(48-49)41(57)45-32-23-28-25-53(47-31(28)24-36(32)59-3)29-9-7-27(8-10-29)13-18-51-19-14-43(15-20-51)16-21-52(22-17-43)33-5-4-6-34-39(33)50(2)42(58)54(34)35-11-12-37(55)46-40(35)56/h4-6,23-27,29,35H,7-12,14-17,19-22H2,1-3H3,(H,45,57)(H,46,55,56). The van der Waals surface area contributed by atoms with E-state index in [4.69, 9.17) is 21.4 Å². The van der Waals surface area contributed by atoms with Gasteiger partial charge < -0.3 is 19.9 Å². The lowest BCUT2D eigenvalue weighted by Crippen LogP contribution is -2.46. The molecule has 1 aliphatic carbocycles. The molecule has 3 saturated heterocycles. The number of para-hydroxylation sites is 1. The molecule has 3 aromatic heterocycles. The molecule has 1 atom stereocenters. The number of hydrogen-bond donors (Lipinski definition) is 2. The molecule has 3 aliphatic heterocycles. The summed E-state index contributed by atoms with van der Waals surface area (Å²) in [6.45, 7) is 3.76. The smallest absolute Gasteiger partial charge is 0.329 e. The first-order chi connectivity index (χ1) is 28.5. The van der Waals surface area contributed by atoms with Gasteiger partial charge in [0.1, 0.15) is 11.8 Å². The number of benzene rings is 2. The molecule has 59 heavy (non-hydrogen) atoms. The quantitative estimate of drug-likeness (QED) is 0.170. The number of imide groups is 1. The van der Waals surface area contributed by atoms with E-state index in [-0.39, 0.29) is 34.8 Å². The van der Waals surface area contributed by atoms with E-state index in [1.54, 1.807) is 36.5 Å². The summed E-state index contributed by atoms with van der Waals surface area (Å²) in [5.41, 5.74) is 4.12. The van der Waals surface area contributed by atoms with Crippen molar-refractivity contribution in [2.24, 2.45) is 25.4 Å². The minimum Gasteiger partial charge on any atom is -0.494 e. The van der Waals surface area contributed by atoms with Gasteiger partial charge in [-0.15, -0.1) is 0 Å². The van der Waals surface area contributed by atoms with Crippen LogP contribution in [0.2, 0.25) is 5.02 Å². The maximum atomic E-state index is 13.5. The van der Waals surface area contributed by atoms with Crippen LogP contribution in [-0.4, -0.2) is 84.6 Å². The Kier molecular flexibility index (Phi) is 10.1. The second-order valence-corrected chi connectivity index (χ2v) is 17.1. The molecule has 4 fully saturated rings. The summed E-state index contributed by atoms with van der Waals surface area (Å²) in [6, 6.07) is 12.8. The van der Waals surface area contributed by atoms with Crippen LogP contribution in [0.5, 0.6) is 5.75 Å². The van der Waals surface area contributed by atoms with E-state index < -0.39 is 17.9 Å². The lowest BCUT2D eigenvalue weighted by Gasteiger charge is -2.47. The average molecular weight is 821 g/mol. The first-order valence-electron chi connectivity index (χ1n) is 20.6. The molecule has 6 heterocycles. The summed E-state index contributed by atoms with van der Waals surface area (Å²) in [5, 5.41) is 15.6. The van der Waals surface area contributed by atoms with Gasteiger partial charge in [0.05, 0.1) is 46.1 Å². The van der Waals surface area contributed by atoms with Crippen LogP contribution in [0.4, 0.5) is 11.4 Å². The Morgan fingerprint density at radius 3 is 2.41 bits per heavy atom. The average Bonchev–Trinajstić information content (AvgIpc) is 3.89. The zero-order chi connectivity index (χ0) is 41.0. The number of imidazole rings is 1. The molecule has 4 aliphatic rings. The van der Waals surface area contributed by atoms with Crippen LogP contribution in [0, 0.1) is 23.3 Å². The summed E-state index contributed by atoms with van der Waals surface area (Å²) in [6.07, 6.45) is 12.6. The lowest BCUT2D eigenvalue weighted by atomic mass is 9.71. The van der Waals surface area contributed by atoms with Gasteiger partial charge in [-0.25, -0.2) is 4.79 Å². The first kappa shape index (κ1) is 38.8. The van der Waals surface area contributed by atoms with E-state index in [2.05, 4.69) is 48.2 Å². The van der Waals surface area contributed by atoms with Crippen molar-refractivity contribution in [3.8, 4) is 17.7 Å². The van der Waals surface area contributed by atoms with Crippen molar-refractivity contribution in [2.75, 3.05) is 43.5 Å². The highest BCUT2D eigenvalue weighted by atomic mass is 35.5. The highest BCUT2D eigenvalue weighted by molar-refractivity contribution is 6.34. The number of carbonyl (C=O) groups is 3. The number of piperidine rings is 3. The van der Waals surface area contributed by atoms with Crippen molar-refractivity contribution >= 4 is 62.6 Å². The van der Waals surface area contributed by atoms with Gasteiger partial charge in [0.15, 0.2) is 5.69 Å². The number of nitrogens with zero attached hydrogens (tertiary/aromatic N) is 8. The van der Waals surface area contributed by atoms with Crippen molar-refractivity contribution < 1.29 is 19.1 Å². The fourth-order valence-electron chi connectivity index (χ4n) is 9.70. The summed E-state index contributed by atoms with van der Waals surface area (Å²) in [7, 11) is 5.05. The lowest BCUT2D eigenvalue weighted by molar-refractivity contribution is -0.135. The second kappa shape index (κ2) is 15.4. The summed E-state index contributed by atoms with van der Waals surface area (Å²) in [5.74, 6) is 3.38. The Morgan fingerprint density at radius 1 is 0.966 bits per heavy atom. The van der Waals surface area contributed by atoms with Crippen molar-refractivity contribution in [2.45, 2.75) is 76.3 Å². The zero-order valence-corrected chi connectivity index (χ0v) is 34.4. The molecule has 0 radical (unpaired) electrons. The molecule has 1 saturated carbocycles. The third kappa shape index (κ3) is 7.32. The SMILES string of the molecule is COc1cc2nn(C3CCC(C#CN4CCC5(CC4)CCN(c4cccc6c4n(C)c(=O)n6C4CCC(=O)NC4=O)CC5)CC3)cc2cc1NC(=O)c1nn(C)cc1Cl. The fourth-order valence-corrected chi connectivity index (χ4v) is 9.97. The number of methoxy groups -OCH3 is 1. The van der Waals surface area contributed by atoms with E-state index in [0.29, 0.717) is 29.2 Å². The second-order valence-electron chi connectivity index (χ2n) is 16.7. The normalized spacial score (nSPS) is 22.1. The molecule has 1 spiro atoms. The van der Waals surface area contributed by atoms with Crippen LogP contribution in [0.25, 0.3) is 21.9 Å². The highest BCUT2D eigenvalue weighted by Crippen LogP contribution is 2.43. The molecule has 1 unspecified atom stereocenters. The number of aryl methyl sites for hydroxylation is 2. The molecule has 15 nitrogen and oxygen atoms in total. The number of amides is 3. The van der Waals surface area contributed by atoms with Crippen LogP contribution >= 0.6 is 11.6 Å². The monoisotopic (exact) mass is 820 g/mol. The Hall–Kier alpha value is -5.75. The summed E-state index contributed by atoms with van der Waals surface area (Å²) < 4.78 is 12.4. The van der Waals surface area contributed by atoms with Crippen molar-refractivity contribution in [3.05, 3.63) is 63.9 Å². The van der Waals surface area contributed by atoms with Gasteiger partial charge in [0, 0.05) is 82.5 Å². The van der Waals surface area contributed by atoms with Gasteiger partial charge in [-0.2, -0.15) is 10.2 Å². The minimum atomic E-state index is -0.695.